The fourth-order valence-electron chi connectivity index (χ4n) is 1.93. The molecule has 1 heterocycles. The number of para-hydroxylation sites is 1. The quantitative estimate of drug-likeness (QED) is 0.617. The molecule has 3 N–H and O–H groups in total. The number of hydrogen-bond donors (Lipinski definition) is 2. The molecule has 1 atom stereocenters. The molecule has 1 aliphatic rings. The highest BCUT2D eigenvalue weighted by atomic mass is 32.2. The Bertz CT molecular complexity index is 370. The largest absolute Gasteiger partial charge is 0.398 e. The molecule has 18 heavy (non-hydrogen) atoms. The summed E-state index contributed by atoms with van der Waals surface area (Å²) in [6.07, 6.45) is -0.326. The highest BCUT2D eigenvalue weighted by Crippen LogP contribution is 2.24. The van der Waals surface area contributed by atoms with Crippen LogP contribution in [-0.2, 0) is 4.74 Å². The Morgan fingerprint density at radius 2 is 2.06 bits per heavy atom. The standard InChI is InChI=1S/C13H20N2O2S/c14-12-3-1-2-4-13(12)18-10-11(16)9-15-5-7-17-8-6-15/h1-4,11,16H,5-10,14H2. The Labute approximate surface area is 112 Å². The molecule has 1 saturated heterocycles. The number of rotatable bonds is 5. The molecule has 1 aromatic rings. The van der Waals surface area contributed by atoms with Crippen LogP contribution < -0.4 is 5.73 Å². The number of morpholine rings is 1. The van der Waals surface area contributed by atoms with E-state index < -0.39 is 0 Å². The predicted octanol–water partition coefficient (Wildman–Crippen LogP) is 1.05. The minimum absolute atomic E-state index is 0.326. The number of nitrogen functional groups attached to an aromatic ring is 1. The fraction of sp³-hybridized carbons (Fsp3) is 0.538. The van der Waals surface area contributed by atoms with Crippen molar-refractivity contribution in [2.24, 2.45) is 0 Å². The van der Waals surface area contributed by atoms with E-state index in [2.05, 4.69) is 4.90 Å². The summed E-state index contributed by atoms with van der Waals surface area (Å²) in [5.41, 5.74) is 6.64. The van der Waals surface area contributed by atoms with Gasteiger partial charge in [-0.15, -0.1) is 11.8 Å². The van der Waals surface area contributed by atoms with Crippen molar-refractivity contribution >= 4 is 17.4 Å². The summed E-state index contributed by atoms with van der Waals surface area (Å²) < 4.78 is 5.28. The first kappa shape index (κ1) is 13.7. The van der Waals surface area contributed by atoms with Crippen molar-refractivity contribution in [3.8, 4) is 0 Å². The monoisotopic (exact) mass is 268 g/mol. The van der Waals surface area contributed by atoms with Crippen LogP contribution in [0.4, 0.5) is 5.69 Å². The van der Waals surface area contributed by atoms with E-state index in [0.717, 1.165) is 36.9 Å². The maximum absolute atomic E-state index is 10.0. The summed E-state index contributed by atoms with van der Waals surface area (Å²) >= 11 is 1.61. The average molecular weight is 268 g/mol. The van der Waals surface area contributed by atoms with Crippen molar-refractivity contribution in [3.63, 3.8) is 0 Å². The van der Waals surface area contributed by atoms with Gasteiger partial charge in [-0.05, 0) is 12.1 Å². The van der Waals surface area contributed by atoms with Crippen LogP contribution in [0.15, 0.2) is 29.2 Å². The van der Waals surface area contributed by atoms with Gasteiger partial charge in [0, 0.05) is 36.0 Å². The van der Waals surface area contributed by atoms with E-state index in [1.807, 2.05) is 24.3 Å². The van der Waals surface area contributed by atoms with E-state index in [-0.39, 0.29) is 6.10 Å². The molecule has 0 spiro atoms. The van der Waals surface area contributed by atoms with Crippen LogP contribution in [0.2, 0.25) is 0 Å². The number of β-amino-alcohol motifs (C(OH)–C–C–N with tert-alkyl or cyclic N) is 1. The number of thioether (sulfide) groups is 1. The van der Waals surface area contributed by atoms with E-state index in [1.165, 1.54) is 0 Å². The molecule has 0 bridgehead atoms. The molecule has 100 valence electrons. The zero-order chi connectivity index (χ0) is 12.8. The molecule has 4 nitrogen and oxygen atoms in total. The molecule has 1 unspecified atom stereocenters. The van der Waals surface area contributed by atoms with Crippen molar-refractivity contribution < 1.29 is 9.84 Å². The van der Waals surface area contributed by atoms with Crippen LogP contribution in [0.1, 0.15) is 0 Å². The maximum Gasteiger partial charge on any atom is 0.0760 e. The lowest BCUT2D eigenvalue weighted by atomic mass is 10.3. The minimum atomic E-state index is -0.326. The summed E-state index contributed by atoms with van der Waals surface area (Å²) in [5, 5.41) is 10.0. The van der Waals surface area contributed by atoms with Crippen molar-refractivity contribution in [2.45, 2.75) is 11.0 Å². The molecule has 1 aromatic carbocycles. The number of anilines is 1. The summed E-state index contributed by atoms with van der Waals surface area (Å²) in [7, 11) is 0. The van der Waals surface area contributed by atoms with E-state index in [4.69, 9.17) is 10.5 Å². The lowest BCUT2D eigenvalue weighted by molar-refractivity contribution is 0.0188. The second-order valence-electron chi connectivity index (χ2n) is 4.42. The number of aliphatic hydroxyl groups excluding tert-OH is 1. The molecule has 5 heteroatoms. The lowest BCUT2D eigenvalue weighted by Gasteiger charge is -2.28. The van der Waals surface area contributed by atoms with Gasteiger partial charge >= 0.3 is 0 Å². The number of nitrogens with zero attached hydrogens (tertiary/aromatic N) is 1. The number of aliphatic hydroxyl groups is 1. The van der Waals surface area contributed by atoms with Crippen molar-refractivity contribution in [3.05, 3.63) is 24.3 Å². The maximum atomic E-state index is 10.0. The number of ether oxygens (including phenoxy) is 1. The Morgan fingerprint density at radius 3 is 2.78 bits per heavy atom. The molecular weight excluding hydrogens is 248 g/mol. The summed E-state index contributed by atoms with van der Waals surface area (Å²) in [5.74, 6) is 0.672. The summed E-state index contributed by atoms with van der Waals surface area (Å²) in [6, 6.07) is 7.76. The van der Waals surface area contributed by atoms with Gasteiger partial charge < -0.3 is 15.6 Å². The summed E-state index contributed by atoms with van der Waals surface area (Å²) in [4.78, 5) is 3.28. The lowest BCUT2D eigenvalue weighted by Crippen LogP contribution is -2.41. The number of nitrogens with two attached hydrogens (primary N) is 1. The smallest absolute Gasteiger partial charge is 0.0760 e. The topological polar surface area (TPSA) is 58.7 Å². The van der Waals surface area contributed by atoms with Gasteiger partial charge in [0.2, 0.25) is 0 Å². The first-order valence-corrected chi connectivity index (χ1v) is 7.20. The normalized spacial score (nSPS) is 18.7. The van der Waals surface area contributed by atoms with Crippen LogP contribution in [-0.4, -0.2) is 54.7 Å². The van der Waals surface area contributed by atoms with Crippen molar-refractivity contribution in [2.75, 3.05) is 44.3 Å². The van der Waals surface area contributed by atoms with Gasteiger partial charge in [-0.3, -0.25) is 4.90 Å². The van der Waals surface area contributed by atoms with Gasteiger partial charge in [-0.25, -0.2) is 0 Å². The van der Waals surface area contributed by atoms with Crippen LogP contribution >= 0.6 is 11.8 Å². The van der Waals surface area contributed by atoms with E-state index in [9.17, 15) is 5.11 Å². The van der Waals surface area contributed by atoms with E-state index in [0.29, 0.717) is 12.3 Å². The number of hydrogen-bond acceptors (Lipinski definition) is 5. The van der Waals surface area contributed by atoms with Crippen molar-refractivity contribution in [1.29, 1.82) is 0 Å². The zero-order valence-corrected chi connectivity index (χ0v) is 11.2. The fourth-order valence-corrected chi connectivity index (χ4v) is 2.82. The van der Waals surface area contributed by atoms with Gasteiger partial charge in [0.05, 0.1) is 19.3 Å². The second kappa shape index (κ2) is 6.99. The third-order valence-corrected chi connectivity index (χ3v) is 4.16. The van der Waals surface area contributed by atoms with Gasteiger partial charge in [-0.1, -0.05) is 12.1 Å². The van der Waals surface area contributed by atoms with E-state index >= 15 is 0 Å². The first-order chi connectivity index (χ1) is 8.75. The molecule has 0 aliphatic carbocycles. The molecule has 0 radical (unpaired) electrons. The van der Waals surface area contributed by atoms with Gasteiger partial charge in [0.15, 0.2) is 0 Å². The Kier molecular flexibility index (Phi) is 5.31. The Hall–Kier alpha value is -0.750. The molecule has 0 amide bonds. The SMILES string of the molecule is Nc1ccccc1SCC(O)CN1CCOCC1. The van der Waals surface area contributed by atoms with Gasteiger partial charge in [-0.2, -0.15) is 0 Å². The molecule has 1 aliphatic heterocycles. The van der Waals surface area contributed by atoms with Crippen LogP contribution in [0.25, 0.3) is 0 Å². The van der Waals surface area contributed by atoms with Crippen LogP contribution in [0.3, 0.4) is 0 Å². The number of benzene rings is 1. The molecule has 0 aromatic heterocycles. The summed E-state index contributed by atoms with van der Waals surface area (Å²) in [6.45, 7) is 4.07. The third kappa shape index (κ3) is 4.17. The first-order valence-electron chi connectivity index (χ1n) is 6.21. The molecule has 0 saturated carbocycles. The Balaban J connectivity index is 1.74. The zero-order valence-electron chi connectivity index (χ0n) is 10.4. The molecule has 2 rings (SSSR count). The van der Waals surface area contributed by atoms with Crippen LogP contribution in [0.5, 0.6) is 0 Å². The highest BCUT2D eigenvalue weighted by molar-refractivity contribution is 7.99. The molecular formula is C13H20N2O2S. The van der Waals surface area contributed by atoms with Crippen LogP contribution in [0, 0.1) is 0 Å². The van der Waals surface area contributed by atoms with Crippen molar-refractivity contribution in [1.82, 2.24) is 4.90 Å². The van der Waals surface area contributed by atoms with Gasteiger partial charge in [0.1, 0.15) is 0 Å². The average Bonchev–Trinajstić information content (AvgIpc) is 2.39. The second-order valence-corrected chi connectivity index (χ2v) is 5.48. The predicted molar refractivity (Wildman–Crippen MR) is 74.8 cm³/mol. The minimum Gasteiger partial charge on any atom is -0.398 e. The third-order valence-electron chi connectivity index (χ3n) is 2.92. The highest BCUT2D eigenvalue weighted by Gasteiger charge is 2.15. The molecule has 1 fully saturated rings. The van der Waals surface area contributed by atoms with E-state index in [1.54, 1.807) is 11.8 Å². The Morgan fingerprint density at radius 1 is 1.33 bits per heavy atom. The van der Waals surface area contributed by atoms with Gasteiger partial charge in [0.25, 0.3) is 0 Å².